The molecule has 0 saturated carbocycles. The van der Waals surface area contributed by atoms with Gasteiger partial charge in [0.2, 0.25) is 0 Å². The molecular weight excluding hydrogens is 280 g/mol. The maximum atomic E-state index is 5.83. The van der Waals surface area contributed by atoms with Crippen LogP contribution >= 0.6 is 0 Å². The SMILES string of the molecule is CCCCCCCOc1ccc(-c2ccc(CCC)cc2)cc1. The lowest BCUT2D eigenvalue weighted by molar-refractivity contribution is 0.304. The molecule has 0 unspecified atom stereocenters. The molecule has 1 heteroatoms. The van der Waals surface area contributed by atoms with E-state index in [-0.39, 0.29) is 0 Å². The Kier molecular flexibility index (Phi) is 7.72. The minimum Gasteiger partial charge on any atom is -0.494 e. The Hall–Kier alpha value is -1.76. The number of ether oxygens (including phenoxy) is 1. The van der Waals surface area contributed by atoms with Gasteiger partial charge in [-0.05, 0) is 41.7 Å². The molecule has 0 saturated heterocycles. The molecule has 1 nitrogen and oxygen atoms in total. The average Bonchev–Trinajstić information content (AvgIpc) is 2.60. The van der Waals surface area contributed by atoms with Gasteiger partial charge in [-0.15, -0.1) is 0 Å². The number of hydrogen-bond acceptors (Lipinski definition) is 1. The second-order valence-corrected chi connectivity index (χ2v) is 6.23. The van der Waals surface area contributed by atoms with E-state index in [0.717, 1.165) is 25.2 Å². The Morgan fingerprint density at radius 1 is 0.652 bits per heavy atom. The Bertz CT molecular complexity index is 539. The molecule has 2 aromatic rings. The number of benzene rings is 2. The highest BCUT2D eigenvalue weighted by Crippen LogP contribution is 2.23. The lowest BCUT2D eigenvalue weighted by atomic mass is 10.0. The van der Waals surface area contributed by atoms with Crippen molar-refractivity contribution in [1.29, 1.82) is 0 Å². The number of rotatable bonds is 10. The predicted octanol–water partition coefficient (Wildman–Crippen LogP) is 6.66. The Morgan fingerprint density at radius 2 is 1.26 bits per heavy atom. The molecule has 0 fully saturated rings. The first kappa shape index (κ1) is 17.6. The average molecular weight is 310 g/mol. The fraction of sp³-hybridized carbons (Fsp3) is 0.455. The van der Waals surface area contributed by atoms with Crippen molar-refractivity contribution in [3.63, 3.8) is 0 Å². The highest BCUT2D eigenvalue weighted by molar-refractivity contribution is 5.64. The normalized spacial score (nSPS) is 10.7. The maximum Gasteiger partial charge on any atom is 0.119 e. The molecule has 0 aliphatic carbocycles. The van der Waals surface area contributed by atoms with Crippen molar-refractivity contribution < 1.29 is 4.74 Å². The first-order valence-corrected chi connectivity index (χ1v) is 9.15. The maximum absolute atomic E-state index is 5.83. The molecule has 0 aliphatic rings. The minimum atomic E-state index is 0.828. The van der Waals surface area contributed by atoms with Crippen LogP contribution in [-0.2, 0) is 6.42 Å². The summed E-state index contributed by atoms with van der Waals surface area (Å²) >= 11 is 0. The topological polar surface area (TPSA) is 9.23 Å². The molecule has 0 atom stereocenters. The first-order chi connectivity index (χ1) is 11.3. The van der Waals surface area contributed by atoms with Gasteiger partial charge in [0.25, 0.3) is 0 Å². The Morgan fingerprint density at radius 3 is 1.87 bits per heavy atom. The number of unbranched alkanes of at least 4 members (excludes halogenated alkanes) is 4. The van der Waals surface area contributed by atoms with Crippen LogP contribution in [0.2, 0.25) is 0 Å². The fourth-order valence-electron chi connectivity index (χ4n) is 2.79. The summed E-state index contributed by atoms with van der Waals surface area (Å²) in [5.41, 5.74) is 3.94. The molecule has 23 heavy (non-hydrogen) atoms. The molecule has 0 radical (unpaired) electrons. The van der Waals surface area contributed by atoms with Crippen molar-refractivity contribution in [2.45, 2.75) is 58.8 Å². The third kappa shape index (κ3) is 6.09. The van der Waals surface area contributed by atoms with Gasteiger partial charge in [0, 0.05) is 0 Å². The minimum absolute atomic E-state index is 0.828. The molecule has 2 aromatic carbocycles. The summed E-state index contributed by atoms with van der Waals surface area (Å²) in [7, 11) is 0. The van der Waals surface area contributed by atoms with Crippen molar-refractivity contribution in [3.05, 3.63) is 54.1 Å². The van der Waals surface area contributed by atoms with Crippen molar-refractivity contribution in [1.82, 2.24) is 0 Å². The molecule has 0 aliphatic heterocycles. The summed E-state index contributed by atoms with van der Waals surface area (Å²) in [5.74, 6) is 0.979. The van der Waals surface area contributed by atoms with Crippen molar-refractivity contribution >= 4 is 0 Å². The van der Waals surface area contributed by atoms with Gasteiger partial charge in [-0.25, -0.2) is 0 Å². The summed E-state index contributed by atoms with van der Waals surface area (Å²) in [5, 5.41) is 0. The van der Waals surface area contributed by atoms with E-state index in [0.29, 0.717) is 0 Å². The van der Waals surface area contributed by atoms with Crippen LogP contribution in [0.3, 0.4) is 0 Å². The van der Waals surface area contributed by atoms with Crippen LogP contribution in [0.15, 0.2) is 48.5 Å². The zero-order valence-electron chi connectivity index (χ0n) is 14.7. The monoisotopic (exact) mass is 310 g/mol. The molecule has 0 bridgehead atoms. The third-order valence-electron chi connectivity index (χ3n) is 4.20. The van der Waals surface area contributed by atoms with E-state index in [1.54, 1.807) is 0 Å². The standard InChI is InChI=1S/C22H30O/c1-3-5-6-7-8-18-23-22-16-14-21(15-17-22)20-12-10-19(9-4-2)11-13-20/h10-17H,3-9,18H2,1-2H3. The van der Waals surface area contributed by atoms with Crippen LogP contribution in [-0.4, -0.2) is 6.61 Å². The van der Waals surface area contributed by atoms with Crippen LogP contribution in [0.5, 0.6) is 5.75 Å². The van der Waals surface area contributed by atoms with Crippen LogP contribution in [0.25, 0.3) is 11.1 Å². The lowest BCUT2D eigenvalue weighted by Gasteiger charge is -2.08. The van der Waals surface area contributed by atoms with E-state index in [1.165, 1.54) is 48.8 Å². The molecular formula is C22H30O. The Labute approximate surface area is 141 Å². The van der Waals surface area contributed by atoms with Crippen molar-refractivity contribution in [2.75, 3.05) is 6.61 Å². The molecule has 0 aromatic heterocycles. The van der Waals surface area contributed by atoms with E-state index in [2.05, 4.69) is 62.4 Å². The zero-order valence-corrected chi connectivity index (χ0v) is 14.7. The summed E-state index contributed by atoms with van der Waals surface area (Å²) < 4.78 is 5.83. The highest BCUT2D eigenvalue weighted by Gasteiger charge is 2.00. The lowest BCUT2D eigenvalue weighted by Crippen LogP contribution is -1.97. The van der Waals surface area contributed by atoms with Gasteiger partial charge in [0.1, 0.15) is 5.75 Å². The smallest absolute Gasteiger partial charge is 0.119 e. The zero-order chi connectivity index (χ0) is 16.3. The molecule has 2 rings (SSSR count). The van der Waals surface area contributed by atoms with Crippen LogP contribution in [0.1, 0.15) is 57.9 Å². The number of aryl methyl sites for hydroxylation is 1. The van der Waals surface area contributed by atoms with Gasteiger partial charge in [-0.3, -0.25) is 0 Å². The van der Waals surface area contributed by atoms with E-state index >= 15 is 0 Å². The van der Waals surface area contributed by atoms with Crippen LogP contribution < -0.4 is 4.74 Å². The van der Waals surface area contributed by atoms with Gasteiger partial charge < -0.3 is 4.74 Å². The van der Waals surface area contributed by atoms with Gasteiger partial charge in [0.05, 0.1) is 6.61 Å². The van der Waals surface area contributed by atoms with Gasteiger partial charge in [-0.2, -0.15) is 0 Å². The largest absolute Gasteiger partial charge is 0.494 e. The summed E-state index contributed by atoms with van der Waals surface area (Å²) in [6, 6.07) is 17.4. The van der Waals surface area contributed by atoms with E-state index in [4.69, 9.17) is 4.74 Å². The van der Waals surface area contributed by atoms with Gasteiger partial charge >= 0.3 is 0 Å². The van der Waals surface area contributed by atoms with E-state index < -0.39 is 0 Å². The summed E-state index contributed by atoms with van der Waals surface area (Å²) in [4.78, 5) is 0. The van der Waals surface area contributed by atoms with Crippen LogP contribution in [0.4, 0.5) is 0 Å². The fourth-order valence-corrected chi connectivity index (χ4v) is 2.79. The summed E-state index contributed by atoms with van der Waals surface area (Å²) in [6.45, 7) is 5.29. The van der Waals surface area contributed by atoms with E-state index in [1.807, 2.05) is 0 Å². The van der Waals surface area contributed by atoms with Crippen molar-refractivity contribution in [2.24, 2.45) is 0 Å². The predicted molar refractivity (Wildman–Crippen MR) is 100 cm³/mol. The molecule has 0 N–H and O–H groups in total. The summed E-state index contributed by atoms with van der Waals surface area (Å²) in [6.07, 6.45) is 8.74. The molecule has 0 heterocycles. The second-order valence-electron chi connectivity index (χ2n) is 6.23. The molecule has 124 valence electrons. The third-order valence-corrected chi connectivity index (χ3v) is 4.20. The quantitative estimate of drug-likeness (QED) is 0.446. The van der Waals surface area contributed by atoms with Gasteiger partial charge in [0.15, 0.2) is 0 Å². The number of hydrogen-bond donors (Lipinski definition) is 0. The van der Waals surface area contributed by atoms with E-state index in [9.17, 15) is 0 Å². The molecule has 0 amide bonds. The Balaban J connectivity index is 1.81. The van der Waals surface area contributed by atoms with Crippen LogP contribution in [0, 0.1) is 0 Å². The second kappa shape index (κ2) is 10.1. The molecule has 0 spiro atoms. The first-order valence-electron chi connectivity index (χ1n) is 9.15. The van der Waals surface area contributed by atoms with Crippen molar-refractivity contribution in [3.8, 4) is 16.9 Å². The highest BCUT2D eigenvalue weighted by atomic mass is 16.5. The van der Waals surface area contributed by atoms with Gasteiger partial charge in [-0.1, -0.05) is 82.3 Å².